The zero-order valence-corrected chi connectivity index (χ0v) is 22.5. The number of carbonyl (C=O) groups is 1. The molecule has 1 aliphatic carbocycles. The number of fused-ring (bicyclic) bond motifs is 1. The molecule has 0 radical (unpaired) electrons. The normalized spacial score (nSPS) is 20.4. The van der Waals surface area contributed by atoms with Crippen LogP contribution in [0, 0.1) is 11.3 Å². The molecule has 2 fully saturated rings. The summed E-state index contributed by atoms with van der Waals surface area (Å²) in [5.74, 6) is 1.66. The number of amides is 1. The van der Waals surface area contributed by atoms with Crippen molar-refractivity contribution in [2.75, 3.05) is 18.1 Å². The molecule has 2 atom stereocenters. The van der Waals surface area contributed by atoms with E-state index in [0.717, 1.165) is 51.9 Å². The van der Waals surface area contributed by atoms with Crippen LogP contribution in [0.4, 0.5) is 5.82 Å². The summed E-state index contributed by atoms with van der Waals surface area (Å²) in [7, 11) is 1.88. The summed E-state index contributed by atoms with van der Waals surface area (Å²) < 4.78 is 7.59. The SMILES string of the molecule is C[C@@H]1COC[C@H](c2ccc3c(c2)C(=O)N(c2cc(-c4ccc(C#N)cc4-c4nncn4C)cc(C4CC4)n2)C3)N1. The molecule has 4 heterocycles. The standard InChI is InChI=1S/C31H29N7O2/c1-18-15-40-16-28(34-18)21-6-7-22-14-38(31(39)25(22)10-21)29-12-23(11-27(35-29)20-4-5-20)24-8-3-19(13-32)9-26(24)30-36-33-17-37(30)2/h3,6-12,17-18,20,28,34H,4-5,14-16H2,1-2H3/t18-,28-/m1/s1. The number of anilines is 1. The summed E-state index contributed by atoms with van der Waals surface area (Å²) in [6.07, 6.45) is 3.83. The van der Waals surface area contributed by atoms with Crippen molar-refractivity contribution in [2.24, 2.45) is 7.05 Å². The van der Waals surface area contributed by atoms with Crippen LogP contribution in [0.1, 0.15) is 64.5 Å². The molecule has 200 valence electrons. The van der Waals surface area contributed by atoms with E-state index in [1.807, 2.05) is 41.9 Å². The summed E-state index contributed by atoms with van der Waals surface area (Å²) in [6.45, 7) is 3.86. The van der Waals surface area contributed by atoms with Crippen LogP contribution in [0.5, 0.6) is 0 Å². The van der Waals surface area contributed by atoms with Gasteiger partial charge in [0.25, 0.3) is 5.91 Å². The molecule has 2 aromatic heterocycles. The van der Waals surface area contributed by atoms with Gasteiger partial charge in [0.05, 0.1) is 37.4 Å². The van der Waals surface area contributed by atoms with Crippen LogP contribution < -0.4 is 10.2 Å². The fraction of sp³-hybridized carbons (Fsp3) is 0.323. The van der Waals surface area contributed by atoms with E-state index in [0.29, 0.717) is 42.9 Å². The van der Waals surface area contributed by atoms with Crippen molar-refractivity contribution >= 4 is 11.7 Å². The first-order valence-electron chi connectivity index (χ1n) is 13.7. The molecule has 1 N–H and O–H groups in total. The maximum Gasteiger partial charge on any atom is 0.260 e. The van der Waals surface area contributed by atoms with E-state index in [4.69, 9.17) is 9.72 Å². The molecule has 9 heteroatoms. The zero-order chi connectivity index (χ0) is 27.4. The lowest BCUT2D eigenvalue weighted by atomic mass is 9.96. The zero-order valence-electron chi connectivity index (χ0n) is 22.5. The maximum atomic E-state index is 13.8. The molecular formula is C31H29N7O2. The number of benzene rings is 2. The van der Waals surface area contributed by atoms with E-state index >= 15 is 0 Å². The second kappa shape index (κ2) is 9.66. The number of hydrogen-bond acceptors (Lipinski definition) is 7. The third kappa shape index (κ3) is 4.35. The number of morpholine rings is 1. The van der Waals surface area contributed by atoms with E-state index in [1.54, 1.807) is 11.2 Å². The first-order valence-corrected chi connectivity index (χ1v) is 13.7. The molecule has 40 heavy (non-hydrogen) atoms. The minimum atomic E-state index is -0.0404. The summed E-state index contributed by atoms with van der Waals surface area (Å²) in [5, 5.41) is 21.5. The number of nitriles is 1. The fourth-order valence-corrected chi connectivity index (χ4v) is 5.71. The Hall–Kier alpha value is -4.39. The largest absolute Gasteiger partial charge is 0.378 e. The average Bonchev–Trinajstić information content (AvgIpc) is 3.67. The van der Waals surface area contributed by atoms with Gasteiger partial charge in [-0.2, -0.15) is 5.26 Å². The Bertz CT molecular complexity index is 1680. The number of aromatic nitrogens is 4. The van der Waals surface area contributed by atoms with E-state index in [-0.39, 0.29) is 18.0 Å². The Labute approximate surface area is 232 Å². The lowest BCUT2D eigenvalue weighted by Crippen LogP contribution is -2.41. The average molecular weight is 532 g/mol. The van der Waals surface area contributed by atoms with Crippen LogP contribution in [0.2, 0.25) is 0 Å². The molecular weight excluding hydrogens is 502 g/mol. The van der Waals surface area contributed by atoms with Gasteiger partial charge >= 0.3 is 0 Å². The van der Waals surface area contributed by atoms with Gasteiger partial charge in [0, 0.05) is 35.8 Å². The van der Waals surface area contributed by atoms with Gasteiger partial charge in [0.1, 0.15) is 12.1 Å². The highest BCUT2D eigenvalue weighted by atomic mass is 16.5. The van der Waals surface area contributed by atoms with Crippen LogP contribution in [0.3, 0.4) is 0 Å². The van der Waals surface area contributed by atoms with Crippen molar-refractivity contribution in [2.45, 2.75) is 44.3 Å². The maximum absolute atomic E-state index is 13.8. The number of pyridine rings is 1. The van der Waals surface area contributed by atoms with Crippen molar-refractivity contribution in [1.82, 2.24) is 25.1 Å². The lowest BCUT2D eigenvalue weighted by Gasteiger charge is -2.29. The van der Waals surface area contributed by atoms with Crippen molar-refractivity contribution in [3.05, 3.63) is 82.8 Å². The van der Waals surface area contributed by atoms with Gasteiger partial charge in [-0.15, -0.1) is 10.2 Å². The molecule has 1 saturated carbocycles. The van der Waals surface area contributed by atoms with E-state index in [9.17, 15) is 10.1 Å². The van der Waals surface area contributed by atoms with E-state index < -0.39 is 0 Å². The smallest absolute Gasteiger partial charge is 0.260 e. The molecule has 0 bridgehead atoms. The highest BCUT2D eigenvalue weighted by Gasteiger charge is 2.33. The van der Waals surface area contributed by atoms with Gasteiger partial charge in [-0.25, -0.2) is 4.98 Å². The predicted molar refractivity (Wildman–Crippen MR) is 149 cm³/mol. The lowest BCUT2D eigenvalue weighted by molar-refractivity contribution is 0.0503. The van der Waals surface area contributed by atoms with Crippen LogP contribution >= 0.6 is 0 Å². The minimum absolute atomic E-state index is 0.0404. The summed E-state index contributed by atoms with van der Waals surface area (Å²) in [4.78, 5) is 20.6. The minimum Gasteiger partial charge on any atom is -0.378 e. The molecule has 7 rings (SSSR count). The Balaban J connectivity index is 1.28. The first-order chi connectivity index (χ1) is 19.5. The van der Waals surface area contributed by atoms with E-state index in [1.165, 1.54) is 0 Å². The van der Waals surface area contributed by atoms with Crippen molar-refractivity contribution in [3.8, 4) is 28.6 Å². The van der Waals surface area contributed by atoms with Gasteiger partial charge in [-0.1, -0.05) is 18.2 Å². The number of ether oxygens (including phenoxy) is 1. The number of rotatable bonds is 5. The molecule has 9 nitrogen and oxygen atoms in total. The quantitative estimate of drug-likeness (QED) is 0.404. The Morgan fingerprint density at radius 3 is 2.67 bits per heavy atom. The Morgan fingerprint density at radius 2 is 1.93 bits per heavy atom. The van der Waals surface area contributed by atoms with Crippen molar-refractivity contribution < 1.29 is 9.53 Å². The monoisotopic (exact) mass is 531 g/mol. The highest BCUT2D eigenvalue weighted by Crippen LogP contribution is 2.43. The molecule has 2 aliphatic heterocycles. The van der Waals surface area contributed by atoms with Crippen LogP contribution in [0.25, 0.3) is 22.5 Å². The fourth-order valence-electron chi connectivity index (χ4n) is 5.71. The third-order valence-corrected chi connectivity index (χ3v) is 7.99. The Morgan fingerprint density at radius 1 is 1.05 bits per heavy atom. The van der Waals surface area contributed by atoms with Gasteiger partial charge in [0.2, 0.25) is 0 Å². The van der Waals surface area contributed by atoms with Gasteiger partial charge < -0.3 is 14.6 Å². The number of hydrogen-bond donors (Lipinski definition) is 1. The second-order valence-electron chi connectivity index (χ2n) is 11.0. The third-order valence-electron chi connectivity index (χ3n) is 7.99. The molecule has 0 spiro atoms. The van der Waals surface area contributed by atoms with Crippen LogP contribution in [-0.4, -0.2) is 44.9 Å². The number of carbonyl (C=O) groups excluding carboxylic acids is 1. The molecule has 3 aliphatic rings. The van der Waals surface area contributed by atoms with Crippen molar-refractivity contribution in [3.63, 3.8) is 0 Å². The molecule has 1 saturated heterocycles. The second-order valence-corrected chi connectivity index (χ2v) is 11.0. The van der Waals surface area contributed by atoms with Gasteiger partial charge in [0.15, 0.2) is 5.82 Å². The number of nitrogens with zero attached hydrogens (tertiary/aromatic N) is 6. The number of nitrogens with one attached hydrogen (secondary N) is 1. The van der Waals surface area contributed by atoms with Crippen molar-refractivity contribution in [1.29, 1.82) is 5.26 Å². The first kappa shape index (κ1) is 24.6. The van der Waals surface area contributed by atoms with Crippen LogP contribution in [0.15, 0.2) is 54.9 Å². The summed E-state index contributed by atoms with van der Waals surface area (Å²) >= 11 is 0. The molecule has 1 amide bonds. The van der Waals surface area contributed by atoms with Gasteiger partial charge in [-0.3, -0.25) is 9.69 Å². The molecule has 2 aromatic carbocycles. The highest BCUT2D eigenvalue weighted by molar-refractivity contribution is 6.10. The summed E-state index contributed by atoms with van der Waals surface area (Å²) in [5.41, 5.74) is 6.99. The predicted octanol–water partition coefficient (Wildman–Crippen LogP) is 4.50. The molecule has 0 unspecified atom stereocenters. The van der Waals surface area contributed by atoms with Crippen LogP contribution in [-0.2, 0) is 18.3 Å². The number of aryl methyl sites for hydroxylation is 1. The molecule has 4 aromatic rings. The van der Waals surface area contributed by atoms with E-state index in [2.05, 4.69) is 46.7 Å². The Kier molecular flexibility index (Phi) is 5.95. The topological polar surface area (TPSA) is 109 Å². The summed E-state index contributed by atoms with van der Waals surface area (Å²) in [6, 6.07) is 18.4. The van der Waals surface area contributed by atoms with Gasteiger partial charge in [-0.05, 0) is 72.4 Å².